The second-order valence-electron chi connectivity index (χ2n) is 8.43. The standard InChI is InChI=1S/C25H48O4/c1-4-5-6-7-8-9-10-11-12-13-14-17-20-23(25(27)29-3)21-18-15-16-19-22-24(26)28-2/h23H,4-22H2,1-3H3/t23-/m1/s1. The van der Waals surface area contributed by atoms with E-state index in [-0.39, 0.29) is 17.9 Å². The van der Waals surface area contributed by atoms with Gasteiger partial charge < -0.3 is 9.47 Å². The Morgan fingerprint density at radius 3 is 1.41 bits per heavy atom. The molecule has 0 aromatic carbocycles. The lowest BCUT2D eigenvalue weighted by molar-refractivity contribution is -0.146. The lowest BCUT2D eigenvalue weighted by atomic mass is 9.94. The van der Waals surface area contributed by atoms with E-state index in [1.54, 1.807) is 0 Å². The van der Waals surface area contributed by atoms with Crippen molar-refractivity contribution in [2.75, 3.05) is 14.2 Å². The Kier molecular flexibility index (Phi) is 20.9. The van der Waals surface area contributed by atoms with Gasteiger partial charge in [0.15, 0.2) is 0 Å². The molecule has 0 saturated heterocycles. The molecule has 1 atom stereocenters. The summed E-state index contributed by atoms with van der Waals surface area (Å²) in [5.41, 5.74) is 0. The Morgan fingerprint density at radius 1 is 0.586 bits per heavy atom. The molecule has 4 heteroatoms. The molecule has 0 bridgehead atoms. The molecular formula is C25H48O4. The van der Waals surface area contributed by atoms with Crippen molar-refractivity contribution in [2.24, 2.45) is 5.92 Å². The van der Waals surface area contributed by atoms with Crippen molar-refractivity contribution < 1.29 is 19.1 Å². The van der Waals surface area contributed by atoms with E-state index < -0.39 is 0 Å². The molecule has 29 heavy (non-hydrogen) atoms. The van der Waals surface area contributed by atoms with Gasteiger partial charge in [-0.1, -0.05) is 103 Å². The van der Waals surface area contributed by atoms with E-state index in [9.17, 15) is 9.59 Å². The molecule has 4 nitrogen and oxygen atoms in total. The Hall–Kier alpha value is -1.06. The Labute approximate surface area is 180 Å². The highest BCUT2D eigenvalue weighted by molar-refractivity contribution is 5.72. The first-order valence-electron chi connectivity index (χ1n) is 12.3. The van der Waals surface area contributed by atoms with Gasteiger partial charge in [0.25, 0.3) is 0 Å². The van der Waals surface area contributed by atoms with Crippen LogP contribution in [0.1, 0.15) is 129 Å². The van der Waals surface area contributed by atoms with Gasteiger partial charge in [0, 0.05) is 6.42 Å². The number of rotatable bonds is 21. The van der Waals surface area contributed by atoms with Crippen LogP contribution in [0.25, 0.3) is 0 Å². The molecule has 0 aliphatic carbocycles. The summed E-state index contributed by atoms with van der Waals surface area (Å²) >= 11 is 0. The van der Waals surface area contributed by atoms with Crippen LogP contribution in [0.4, 0.5) is 0 Å². The lowest BCUT2D eigenvalue weighted by Gasteiger charge is -2.14. The van der Waals surface area contributed by atoms with E-state index in [1.807, 2.05) is 0 Å². The fourth-order valence-electron chi connectivity index (χ4n) is 3.89. The summed E-state index contributed by atoms with van der Waals surface area (Å²) in [6.07, 6.45) is 22.4. The highest BCUT2D eigenvalue weighted by Crippen LogP contribution is 2.20. The maximum atomic E-state index is 12.0. The third-order valence-electron chi connectivity index (χ3n) is 5.85. The molecule has 0 radical (unpaired) electrons. The summed E-state index contributed by atoms with van der Waals surface area (Å²) in [4.78, 5) is 23.1. The Balaban J connectivity index is 3.62. The van der Waals surface area contributed by atoms with Crippen molar-refractivity contribution in [1.82, 2.24) is 0 Å². The third kappa shape index (κ3) is 18.7. The number of esters is 2. The van der Waals surface area contributed by atoms with Gasteiger partial charge in [0.05, 0.1) is 20.1 Å². The first-order chi connectivity index (χ1) is 14.2. The van der Waals surface area contributed by atoms with Gasteiger partial charge in [0.1, 0.15) is 0 Å². The van der Waals surface area contributed by atoms with Crippen LogP contribution in [0.3, 0.4) is 0 Å². The van der Waals surface area contributed by atoms with Crippen LogP contribution in [0.15, 0.2) is 0 Å². The van der Waals surface area contributed by atoms with Crippen LogP contribution in [0, 0.1) is 5.92 Å². The number of hydrogen-bond acceptors (Lipinski definition) is 4. The molecule has 0 heterocycles. The second kappa shape index (κ2) is 21.6. The second-order valence-corrected chi connectivity index (χ2v) is 8.43. The molecule has 0 amide bonds. The molecule has 0 aliphatic heterocycles. The van der Waals surface area contributed by atoms with Crippen molar-refractivity contribution in [2.45, 2.75) is 129 Å². The number of carbonyl (C=O) groups is 2. The molecule has 0 spiro atoms. The van der Waals surface area contributed by atoms with Crippen molar-refractivity contribution in [3.05, 3.63) is 0 Å². The molecule has 0 saturated carbocycles. The molecule has 0 aromatic heterocycles. The monoisotopic (exact) mass is 412 g/mol. The van der Waals surface area contributed by atoms with Crippen LogP contribution in [-0.2, 0) is 19.1 Å². The fourth-order valence-corrected chi connectivity index (χ4v) is 3.89. The smallest absolute Gasteiger partial charge is 0.308 e. The average molecular weight is 413 g/mol. The van der Waals surface area contributed by atoms with E-state index in [0.717, 1.165) is 44.9 Å². The summed E-state index contributed by atoms with van der Waals surface area (Å²) in [6.45, 7) is 2.27. The maximum absolute atomic E-state index is 12.0. The minimum Gasteiger partial charge on any atom is -0.469 e. The van der Waals surface area contributed by atoms with Crippen molar-refractivity contribution in [3.8, 4) is 0 Å². The van der Waals surface area contributed by atoms with Gasteiger partial charge in [0.2, 0.25) is 0 Å². The lowest BCUT2D eigenvalue weighted by Crippen LogP contribution is -2.16. The van der Waals surface area contributed by atoms with Gasteiger partial charge in [-0.3, -0.25) is 9.59 Å². The van der Waals surface area contributed by atoms with E-state index in [0.29, 0.717) is 6.42 Å². The molecule has 0 fully saturated rings. The zero-order chi connectivity index (χ0) is 21.6. The summed E-state index contributed by atoms with van der Waals surface area (Å²) < 4.78 is 9.64. The Bertz CT molecular complexity index is 381. The minimum absolute atomic E-state index is 0.0451. The molecule has 0 aliphatic rings. The number of unbranched alkanes of at least 4 members (excludes halogenated alkanes) is 14. The molecule has 0 N–H and O–H groups in total. The van der Waals surface area contributed by atoms with E-state index in [4.69, 9.17) is 4.74 Å². The molecular weight excluding hydrogens is 364 g/mol. The predicted molar refractivity (Wildman–Crippen MR) is 121 cm³/mol. The first kappa shape index (κ1) is 27.9. The van der Waals surface area contributed by atoms with Crippen molar-refractivity contribution in [1.29, 1.82) is 0 Å². The number of methoxy groups -OCH3 is 2. The van der Waals surface area contributed by atoms with Gasteiger partial charge in [-0.15, -0.1) is 0 Å². The zero-order valence-electron chi connectivity index (χ0n) is 19.6. The summed E-state index contributed by atoms with van der Waals surface area (Å²) in [7, 11) is 2.92. The third-order valence-corrected chi connectivity index (χ3v) is 5.85. The van der Waals surface area contributed by atoms with E-state index in [2.05, 4.69) is 11.7 Å². The molecule has 172 valence electrons. The maximum Gasteiger partial charge on any atom is 0.308 e. The summed E-state index contributed by atoms with van der Waals surface area (Å²) in [5, 5.41) is 0. The van der Waals surface area contributed by atoms with Crippen LogP contribution < -0.4 is 0 Å². The van der Waals surface area contributed by atoms with Gasteiger partial charge in [-0.25, -0.2) is 0 Å². The fraction of sp³-hybridized carbons (Fsp3) is 0.920. The highest BCUT2D eigenvalue weighted by atomic mass is 16.5. The van der Waals surface area contributed by atoms with Crippen LogP contribution >= 0.6 is 0 Å². The highest BCUT2D eigenvalue weighted by Gasteiger charge is 2.18. The normalized spacial score (nSPS) is 12.0. The van der Waals surface area contributed by atoms with Crippen LogP contribution in [0.5, 0.6) is 0 Å². The van der Waals surface area contributed by atoms with E-state index in [1.165, 1.54) is 84.8 Å². The largest absolute Gasteiger partial charge is 0.469 e. The van der Waals surface area contributed by atoms with Gasteiger partial charge in [-0.2, -0.15) is 0 Å². The first-order valence-corrected chi connectivity index (χ1v) is 12.3. The van der Waals surface area contributed by atoms with Gasteiger partial charge in [-0.05, 0) is 19.3 Å². The SMILES string of the molecule is CCCCCCCCCCCCCC[C@H](CCCCCCC(=O)OC)C(=O)OC. The van der Waals surface area contributed by atoms with Gasteiger partial charge >= 0.3 is 11.9 Å². The number of ether oxygens (including phenoxy) is 2. The quantitative estimate of drug-likeness (QED) is 0.146. The zero-order valence-corrected chi connectivity index (χ0v) is 19.6. The van der Waals surface area contributed by atoms with E-state index >= 15 is 0 Å². The minimum atomic E-state index is -0.135. The number of carbonyl (C=O) groups excluding carboxylic acids is 2. The molecule has 0 aromatic rings. The Morgan fingerprint density at radius 2 is 1.00 bits per heavy atom. The summed E-state index contributed by atoms with van der Waals surface area (Å²) in [6, 6.07) is 0. The van der Waals surface area contributed by atoms with Crippen LogP contribution in [0.2, 0.25) is 0 Å². The summed E-state index contributed by atoms with van der Waals surface area (Å²) in [5.74, 6) is -0.143. The predicted octanol–water partition coefficient (Wildman–Crippen LogP) is 7.38. The molecule has 0 rings (SSSR count). The van der Waals surface area contributed by atoms with Crippen molar-refractivity contribution >= 4 is 11.9 Å². The number of hydrogen-bond donors (Lipinski definition) is 0. The molecule has 0 unspecified atom stereocenters. The van der Waals surface area contributed by atoms with Crippen molar-refractivity contribution in [3.63, 3.8) is 0 Å². The average Bonchev–Trinajstić information content (AvgIpc) is 2.74. The van der Waals surface area contributed by atoms with Crippen LogP contribution in [-0.4, -0.2) is 26.2 Å². The topological polar surface area (TPSA) is 52.6 Å².